The van der Waals surface area contributed by atoms with Crippen molar-refractivity contribution in [1.82, 2.24) is 15.5 Å². The van der Waals surface area contributed by atoms with Crippen molar-refractivity contribution in [2.75, 3.05) is 19.8 Å². The molecule has 1 N–H and O–H groups in total. The Morgan fingerprint density at radius 3 is 2.77 bits per heavy atom. The van der Waals surface area contributed by atoms with Gasteiger partial charge in [0.25, 0.3) is 0 Å². The molecule has 22 heavy (non-hydrogen) atoms. The number of nitrogens with one attached hydrogen (secondary N) is 1. The van der Waals surface area contributed by atoms with Gasteiger partial charge in [-0.2, -0.15) is 4.98 Å². The molecule has 1 unspecified atom stereocenters. The van der Waals surface area contributed by atoms with E-state index < -0.39 is 0 Å². The van der Waals surface area contributed by atoms with E-state index >= 15 is 0 Å². The summed E-state index contributed by atoms with van der Waals surface area (Å²) < 4.78 is 10.8. The molecule has 3 rings (SSSR count). The third-order valence-corrected chi connectivity index (χ3v) is 4.11. The number of benzene rings is 1. The normalized spacial score (nSPS) is 17.5. The van der Waals surface area contributed by atoms with Crippen LogP contribution in [-0.4, -0.2) is 29.9 Å². The molecule has 1 aliphatic heterocycles. The van der Waals surface area contributed by atoms with Crippen molar-refractivity contribution in [2.45, 2.75) is 32.2 Å². The Bertz CT molecular complexity index is 564. The topological polar surface area (TPSA) is 60.2 Å². The highest BCUT2D eigenvalue weighted by Crippen LogP contribution is 2.16. The van der Waals surface area contributed by atoms with Crippen LogP contribution in [0.4, 0.5) is 0 Å². The molecule has 0 radical (unpaired) electrons. The van der Waals surface area contributed by atoms with Crippen LogP contribution in [0.3, 0.4) is 0 Å². The van der Waals surface area contributed by atoms with Gasteiger partial charge in [0.05, 0.1) is 6.04 Å². The van der Waals surface area contributed by atoms with E-state index in [2.05, 4.69) is 34.5 Å². The molecule has 2 aromatic rings. The minimum Gasteiger partial charge on any atom is -0.381 e. The third-order valence-electron chi connectivity index (χ3n) is 4.11. The lowest BCUT2D eigenvalue weighted by molar-refractivity contribution is 0.0653. The number of ether oxygens (including phenoxy) is 1. The molecule has 0 bridgehead atoms. The largest absolute Gasteiger partial charge is 0.381 e. The van der Waals surface area contributed by atoms with Gasteiger partial charge in [-0.3, -0.25) is 0 Å². The average molecular weight is 301 g/mol. The van der Waals surface area contributed by atoms with E-state index in [9.17, 15) is 0 Å². The Balaban J connectivity index is 1.51. The van der Waals surface area contributed by atoms with Gasteiger partial charge >= 0.3 is 0 Å². The molecule has 1 aromatic carbocycles. The molecule has 1 aliphatic rings. The van der Waals surface area contributed by atoms with Crippen LogP contribution in [0.2, 0.25) is 0 Å². The predicted molar refractivity (Wildman–Crippen MR) is 83.5 cm³/mol. The zero-order valence-electron chi connectivity index (χ0n) is 13.0. The molecule has 1 saturated heterocycles. The fraction of sp³-hybridized carbons (Fsp3) is 0.529. The monoisotopic (exact) mass is 301 g/mol. The van der Waals surface area contributed by atoms with Gasteiger partial charge in [-0.1, -0.05) is 35.5 Å². The second-order valence-electron chi connectivity index (χ2n) is 5.90. The molecule has 118 valence electrons. The van der Waals surface area contributed by atoms with Gasteiger partial charge in [0.15, 0.2) is 5.82 Å². The zero-order valence-corrected chi connectivity index (χ0v) is 13.0. The predicted octanol–water partition coefficient (Wildman–Crippen LogP) is 2.74. The number of aromatic nitrogens is 2. The van der Waals surface area contributed by atoms with Crippen LogP contribution in [0.1, 0.15) is 43.1 Å². The lowest BCUT2D eigenvalue weighted by atomic mass is 10.0. The van der Waals surface area contributed by atoms with E-state index in [1.165, 1.54) is 5.56 Å². The SMILES string of the molecule is CC(NCC1CCOCC1)c1nc(Cc2ccccc2)no1. The van der Waals surface area contributed by atoms with Gasteiger partial charge in [-0.15, -0.1) is 0 Å². The molecular formula is C17H23N3O2. The minimum absolute atomic E-state index is 0.0832. The molecule has 5 heteroatoms. The van der Waals surface area contributed by atoms with E-state index in [1.54, 1.807) is 0 Å². The Morgan fingerprint density at radius 2 is 2.00 bits per heavy atom. The first-order chi connectivity index (χ1) is 10.8. The van der Waals surface area contributed by atoms with Crippen LogP contribution in [0, 0.1) is 5.92 Å². The number of nitrogens with zero attached hydrogens (tertiary/aromatic N) is 2. The van der Waals surface area contributed by atoms with Crippen LogP contribution in [-0.2, 0) is 11.2 Å². The summed E-state index contributed by atoms with van der Waals surface area (Å²) in [6, 6.07) is 10.3. The van der Waals surface area contributed by atoms with Gasteiger partial charge in [-0.25, -0.2) is 0 Å². The summed E-state index contributed by atoms with van der Waals surface area (Å²) in [7, 11) is 0. The number of rotatable bonds is 6. The molecule has 5 nitrogen and oxygen atoms in total. The van der Waals surface area contributed by atoms with E-state index in [1.807, 2.05) is 18.2 Å². The summed E-state index contributed by atoms with van der Waals surface area (Å²) in [6.45, 7) is 4.80. The second-order valence-corrected chi connectivity index (χ2v) is 5.90. The van der Waals surface area contributed by atoms with Crippen molar-refractivity contribution in [2.24, 2.45) is 5.92 Å². The quantitative estimate of drug-likeness (QED) is 0.889. The highest BCUT2D eigenvalue weighted by Gasteiger charge is 2.18. The first kappa shape index (κ1) is 15.2. The fourth-order valence-electron chi connectivity index (χ4n) is 2.67. The van der Waals surface area contributed by atoms with Crippen molar-refractivity contribution >= 4 is 0 Å². The maximum Gasteiger partial charge on any atom is 0.243 e. The van der Waals surface area contributed by atoms with E-state index in [-0.39, 0.29) is 6.04 Å². The Kier molecular flexibility index (Phi) is 5.19. The van der Waals surface area contributed by atoms with Crippen molar-refractivity contribution in [3.8, 4) is 0 Å². The molecule has 1 atom stereocenters. The standard InChI is InChI=1S/C17H23N3O2/c1-13(18-12-15-7-9-21-10-8-15)17-19-16(20-22-17)11-14-5-3-2-4-6-14/h2-6,13,15,18H,7-12H2,1H3. The molecule has 0 saturated carbocycles. The van der Waals surface area contributed by atoms with Crippen molar-refractivity contribution in [3.63, 3.8) is 0 Å². The summed E-state index contributed by atoms with van der Waals surface area (Å²) in [4.78, 5) is 4.50. The van der Waals surface area contributed by atoms with E-state index in [0.29, 0.717) is 18.2 Å². The minimum atomic E-state index is 0.0832. The summed E-state index contributed by atoms with van der Waals surface area (Å²) in [6.07, 6.45) is 2.96. The van der Waals surface area contributed by atoms with Crippen LogP contribution in [0.25, 0.3) is 0 Å². The van der Waals surface area contributed by atoms with Crippen LogP contribution >= 0.6 is 0 Å². The summed E-state index contributed by atoms with van der Waals surface area (Å²) in [5.41, 5.74) is 1.19. The number of hydrogen-bond acceptors (Lipinski definition) is 5. The van der Waals surface area contributed by atoms with Crippen molar-refractivity contribution in [1.29, 1.82) is 0 Å². The van der Waals surface area contributed by atoms with Gasteiger partial charge in [0.1, 0.15) is 0 Å². The molecule has 0 spiro atoms. The summed E-state index contributed by atoms with van der Waals surface area (Å²) in [5.74, 6) is 2.09. The first-order valence-corrected chi connectivity index (χ1v) is 7.99. The smallest absolute Gasteiger partial charge is 0.243 e. The van der Waals surface area contributed by atoms with Crippen LogP contribution in [0.5, 0.6) is 0 Å². The molecule has 0 amide bonds. The molecule has 0 aliphatic carbocycles. The van der Waals surface area contributed by atoms with E-state index in [4.69, 9.17) is 9.26 Å². The highest BCUT2D eigenvalue weighted by atomic mass is 16.5. The van der Waals surface area contributed by atoms with Gasteiger partial charge in [0.2, 0.25) is 5.89 Å². The summed E-state index contributed by atoms with van der Waals surface area (Å²) >= 11 is 0. The van der Waals surface area contributed by atoms with Gasteiger partial charge < -0.3 is 14.6 Å². The highest BCUT2D eigenvalue weighted by molar-refractivity contribution is 5.18. The lowest BCUT2D eigenvalue weighted by Crippen LogP contribution is -2.29. The Hall–Kier alpha value is -1.72. The van der Waals surface area contributed by atoms with E-state index in [0.717, 1.165) is 38.4 Å². The maximum absolute atomic E-state index is 5.39. The molecular weight excluding hydrogens is 278 g/mol. The lowest BCUT2D eigenvalue weighted by Gasteiger charge is -2.23. The Labute approximate surface area is 131 Å². The van der Waals surface area contributed by atoms with Gasteiger partial charge in [0, 0.05) is 19.6 Å². The first-order valence-electron chi connectivity index (χ1n) is 7.99. The van der Waals surface area contributed by atoms with Crippen molar-refractivity contribution < 1.29 is 9.26 Å². The zero-order chi connectivity index (χ0) is 15.2. The molecule has 1 aromatic heterocycles. The average Bonchev–Trinajstić information content (AvgIpc) is 3.03. The fourth-order valence-corrected chi connectivity index (χ4v) is 2.67. The van der Waals surface area contributed by atoms with Crippen molar-refractivity contribution in [3.05, 3.63) is 47.6 Å². The number of hydrogen-bond donors (Lipinski definition) is 1. The van der Waals surface area contributed by atoms with Crippen LogP contribution < -0.4 is 5.32 Å². The second kappa shape index (κ2) is 7.51. The molecule has 2 heterocycles. The molecule has 1 fully saturated rings. The Morgan fingerprint density at radius 1 is 1.23 bits per heavy atom. The van der Waals surface area contributed by atoms with Crippen LogP contribution in [0.15, 0.2) is 34.9 Å². The maximum atomic E-state index is 5.39. The summed E-state index contributed by atoms with van der Waals surface area (Å²) in [5, 5.41) is 7.58. The van der Waals surface area contributed by atoms with Gasteiger partial charge in [-0.05, 0) is 37.8 Å². The third kappa shape index (κ3) is 4.15.